The van der Waals surface area contributed by atoms with Crippen LogP contribution in [0.15, 0.2) is 48.7 Å². The lowest BCUT2D eigenvalue weighted by molar-refractivity contribution is -0.110. The quantitative estimate of drug-likeness (QED) is 0.849. The molecule has 0 saturated carbocycles. The first-order valence-corrected chi connectivity index (χ1v) is 6.77. The van der Waals surface area contributed by atoms with Crippen molar-refractivity contribution in [2.75, 3.05) is 17.7 Å². The lowest BCUT2D eigenvalue weighted by Crippen LogP contribution is -2.05. The van der Waals surface area contributed by atoms with Crippen LogP contribution in [0.4, 0.5) is 11.4 Å². The number of fused-ring (bicyclic) bond motifs is 1. The molecule has 0 aromatic heterocycles. The first-order valence-electron chi connectivity index (χ1n) is 6.39. The van der Waals surface area contributed by atoms with E-state index in [1.807, 2.05) is 24.3 Å². The number of hydrogen-bond donors (Lipinski definition) is 2. The molecule has 2 aromatic rings. The number of carbonyl (C=O) groups is 1. The number of hydrogen-bond acceptors (Lipinski definition) is 3. The predicted octanol–water partition coefficient (Wildman–Crippen LogP) is 3.75. The van der Waals surface area contributed by atoms with Crippen LogP contribution in [0.25, 0.3) is 5.57 Å². The average molecular weight is 301 g/mol. The number of benzene rings is 2. The maximum Gasteiger partial charge on any atom is 0.257 e. The number of ether oxygens (including phenoxy) is 1. The Kier molecular flexibility index (Phi) is 3.54. The summed E-state index contributed by atoms with van der Waals surface area (Å²) in [6.07, 6.45) is 1.68. The molecule has 1 amide bonds. The summed E-state index contributed by atoms with van der Waals surface area (Å²) in [4.78, 5) is 12.0. The van der Waals surface area contributed by atoms with Gasteiger partial charge in [-0.3, -0.25) is 4.79 Å². The lowest BCUT2D eigenvalue weighted by Gasteiger charge is -2.04. The molecule has 2 N–H and O–H groups in total. The Morgan fingerprint density at radius 3 is 2.67 bits per heavy atom. The molecule has 2 aromatic carbocycles. The molecule has 1 heterocycles. The minimum Gasteiger partial charge on any atom is -0.497 e. The van der Waals surface area contributed by atoms with Crippen LogP contribution in [-0.4, -0.2) is 13.0 Å². The Balaban J connectivity index is 1.86. The van der Waals surface area contributed by atoms with Crippen molar-refractivity contribution in [3.8, 4) is 5.75 Å². The summed E-state index contributed by atoms with van der Waals surface area (Å²) in [7, 11) is 1.62. The first-order chi connectivity index (χ1) is 10.2. The number of rotatable bonds is 3. The normalized spacial score (nSPS) is 14.8. The Hall–Kier alpha value is -2.46. The Labute approximate surface area is 127 Å². The zero-order valence-corrected chi connectivity index (χ0v) is 12.1. The Morgan fingerprint density at radius 1 is 1.19 bits per heavy atom. The van der Waals surface area contributed by atoms with Gasteiger partial charge in [-0.25, -0.2) is 0 Å². The number of halogens is 1. The molecule has 106 valence electrons. The van der Waals surface area contributed by atoms with Gasteiger partial charge >= 0.3 is 0 Å². The molecule has 3 rings (SSSR count). The standard InChI is InChI=1S/C16H13ClN2O2/c1-21-12-5-3-11(4-6-12)18-9-14-13-8-10(17)2-7-15(13)19-16(14)20/h2-9,18H,1H3,(H,19,20). The van der Waals surface area contributed by atoms with Crippen LogP contribution in [0.2, 0.25) is 5.02 Å². The number of nitrogens with one attached hydrogen (secondary N) is 2. The molecule has 1 aliphatic heterocycles. The summed E-state index contributed by atoms with van der Waals surface area (Å²) in [5.41, 5.74) is 3.00. The van der Waals surface area contributed by atoms with Gasteiger partial charge in [-0.2, -0.15) is 0 Å². The third-order valence-electron chi connectivity index (χ3n) is 3.24. The highest BCUT2D eigenvalue weighted by molar-refractivity contribution is 6.34. The highest BCUT2D eigenvalue weighted by Gasteiger charge is 2.24. The van der Waals surface area contributed by atoms with Crippen molar-refractivity contribution in [2.45, 2.75) is 0 Å². The van der Waals surface area contributed by atoms with Crippen molar-refractivity contribution in [1.82, 2.24) is 0 Å². The SMILES string of the molecule is COc1ccc(NC=C2C(=O)Nc3ccc(Cl)cc32)cc1. The van der Waals surface area contributed by atoms with E-state index in [1.54, 1.807) is 31.5 Å². The van der Waals surface area contributed by atoms with Crippen molar-refractivity contribution in [2.24, 2.45) is 0 Å². The van der Waals surface area contributed by atoms with Crippen molar-refractivity contribution < 1.29 is 9.53 Å². The van der Waals surface area contributed by atoms with Gasteiger partial charge < -0.3 is 15.4 Å². The molecule has 1 aliphatic rings. The van der Waals surface area contributed by atoms with E-state index in [1.165, 1.54) is 0 Å². The molecular weight excluding hydrogens is 288 g/mol. The lowest BCUT2D eigenvalue weighted by atomic mass is 10.1. The summed E-state index contributed by atoms with van der Waals surface area (Å²) in [5.74, 6) is 0.636. The van der Waals surface area contributed by atoms with Gasteiger partial charge in [-0.05, 0) is 42.5 Å². The van der Waals surface area contributed by atoms with Gasteiger partial charge in [-0.15, -0.1) is 0 Å². The number of anilines is 2. The van der Waals surface area contributed by atoms with Gasteiger partial charge in [-0.1, -0.05) is 11.6 Å². The van der Waals surface area contributed by atoms with E-state index in [-0.39, 0.29) is 5.91 Å². The second kappa shape index (κ2) is 5.50. The van der Waals surface area contributed by atoms with Crippen LogP contribution >= 0.6 is 11.6 Å². The molecular formula is C16H13ClN2O2. The Bertz CT molecular complexity index is 724. The van der Waals surface area contributed by atoms with Gasteiger partial charge in [0.05, 0.1) is 12.7 Å². The molecule has 0 bridgehead atoms. The van der Waals surface area contributed by atoms with Crippen molar-refractivity contribution in [3.63, 3.8) is 0 Å². The molecule has 0 fully saturated rings. The molecule has 5 heteroatoms. The van der Waals surface area contributed by atoms with E-state index >= 15 is 0 Å². The molecule has 0 aliphatic carbocycles. The monoisotopic (exact) mass is 300 g/mol. The van der Waals surface area contributed by atoms with Gasteiger partial charge in [0, 0.05) is 28.2 Å². The van der Waals surface area contributed by atoms with Gasteiger partial charge in [0.25, 0.3) is 5.91 Å². The zero-order chi connectivity index (χ0) is 14.8. The van der Waals surface area contributed by atoms with Gasteiger partial charge in [0.1, 0.15) is 5.75 Å². The first kappa shape index (κ1) is 13.5. The van der Waals surface area contributed by atoms with Crippen molar-refractivity contribution in [3.05, 3.63) is 59.3 Å². The molecule has 0 saturated heterocycles. The summed E-state index contributed by atoms with van der Waals surface area (Å²) >= 11 is 5.99. The highest BCUT2D eigenvalue weighted by atomic mass is 35.5. The summed E-state index contributed by atoms with van der Waals surface area (Å²) in [6.45, 7) is 0. The van der Waals surface area contributed by atoms with Gasteiger partial charge in [0.2, 0.25) is 0 Å². The van der Waals surface area contributed by atoms with Crippen LogP contribution in [0.5, 0.6) is 5.75 Å². The van der Waals surface area contributed by atoms with E-state index in [0.29, 0.717) is 10.6 Å². The third kappa shape index (κ3) is 2.71. The van der Waals surface area contributed by atoms with E-state index in [2.05, 4.69) is 10.6 Å². The van der Waals surface area contributed by atoms with Crippen LogP contribution in [-0.2, 0) is 4.79 Å². The van der Waals surface area contributed by atoms with Gasteiger partial charge in [0.15, 0.2) is 0 Å². The van der Waals surface area contributed by atoms with E-state index in [9.17, 15) is 4.79 Å². The fourth-order valence-corrected chi connectivity index (χ4v) is 2.32. The second-order valence-electron chi connectivity index (χ2n) is 4.57. The van der Waals surface area contributed by atoms with Crippen LogP contribution in [0, 0.1) is 0 Å². The fraction of sp³-hybridized carbons (Fsp3) is 0.0625. The van der Waals surface area contributed by atoms with E-state index in [0.717, 1.165) is 22.7 Å². The molecule has 0 atom stereocenters. The maximum absolute atomic E-state index is 12.0. The van der Waals surface area contributed by atoms with Crippen molar-refractivity contribution in [1.29, 1.82) is 0 Å². The third-order valence-corrected chi connectivity index (χ3v) is 3.47. The summed E-state index contributed by atoms with van der Waals surface area (Å²) in [6, 6.07) is 12.8. The molecule has 0 radical (unpaired) electrons. The summed E-state index contributed by atoms with van der Waals surface area (Å²) < 4.78 is 5.10. The molecule has 0 spiro atoms. The Morgan fingerprint density at radius 2 is 1.95 bits per heavy atom. The highest BCUT2D eigenvalue weighted by Crippen LogP contribution is 2.33. The van der Waals surface area contributed by atoms with Crippen LogP contribution < -0.4 is 15.4 Å². The smallest absolute Gasteiger partial charge is 0.257 e. The number of methoxy groups -OCH3 is 1. The fourth-order valence-electron chi connectivity index (χ4n) is 2.15. The molecule has 4 nitrogen and oxygen atoms in total. The average Bonchev–Trinajstić information content (AvgIpc) is 2.80. The van der Waals surface area contributed by atoms with E-state index in [4.69, 9.17) is 16.3 Å². The van der Waals surface area contributed by atoms with Crippen LogP contribution in [0.3, 0.4) is 0 Å². The zero-order valence-electron chi connectivity index (χ0n) is 11.3. The minimum absolute atomic E-state index is 0.145. The largest absolute Gasteiger partial charge is 0.497 e. The van der Waals surface area contributed by atoms with Crippen molar-refractivity contribution >= 4 is 34.5 Å². The molecule has 21 heavy (non-hydrogen) atoms. The summed E-state index contributed by atoms with van der Waals surface area (Å²) in [5, 5.41) is 6.51. The topological polar surface area (TPSA) is 50.4 Å². The van der Waals surface area contributed by atoms with Crippen LogP contribution in [0.1, 0.15) is 5.56 Å². The van der Waals surface area contributed by atoms with E-state index < -0.39 is 0 Å². The second-order valence-corrected chi connectivity index (χ2v) is 5.01. The maximum atomic E-state index is 12.0. The number of carbonyl (C=O) groups excluding carboxylic acids is 1. The number of amides is 1. The minimum atomic E-state index is -0.145. The molecule has 0 unspecified atom stereocenters. The predicted molar refractivity (Wildman–Crippen MR) is 84.7 cm³/mol.